The zero-order valence-electron chi connectivity index (χ0n) is 20.8. The maximum Gasteiger partial charge on any atom is 0.119 e. The van der Waals surface area contributed by atoms with Gasteiger partial charge in [-0.25, -0.2) is 0 Å². The van der Waals surface area contributed by atoms with Crippen LogP contribution in [0.4, 0.5) is 0 Å². The van der Waals surface area contributed by atoms with E-state index in [0.29, 0.717) is 12.2 Å². The fourth-order valence-electron chi connectivity index (χ4n) is 5.17. The Balaban J connectivity index is 1.61. The van der Waals surface area contributed by atoms with Crippen LogP contribution < -0.4 is 9.47 Å². The second kappa shape index (κ2) is 11.0. The van der Waals surface area contributed by atoms with Gasteiger partial charge in [0.25, 0.3) is 0 Å². The molecule has 1 aliphatic carbocycles. The third-order valence-electron chi connectivity index (χ3n) is 7.06. The zero-order chi connectivity index (χ0) is 25.8. The van der Waals surface area contributed by atoms with Crippen molar-refractivity contribution < 1.29 is 19.7 Å². The first-order valence-corrected chi connectivity index (χ1v) is 13.2. The van der Waals surface area contributed by atoms with Gasteiger partial charge in [0.15, 0.2) is 0 Å². The molecule has 0 fully saturated rings. The molecule has 4 aromatic carbocycles. The molecule has 0 spiro atoms. The summed E-state index contributed by atoms with van der Waals surface area (Å²) in [4.78, 5) is 0. The lowest BCUT2D eigenvalue weighted by molar-refractivity contribution is 0.104. The first-order chi connectivity index (χ1) is 18.1. The number of halogens is 1. The number of rotatable bonds is 10. The average molecular weight is 515 g/mol. The normalized spacial score (nSPS) is 14.9. The van der Waals surface area contributed by atoms with E-state index in [1.807, 2.05) is 31.2 Å². The summed E-state index contributed by atoms with van der Waals surface area (Å²) < 4.78 is 11.6. The topological polar surface area (TPSA) is 58.9 Å². The Morgan fingerprint density at radius 1 is 0.649 bits per heavy atom. The van der Waals surface area contributed by atoms with E-state index < -0.39 is 17.6 Å². The van der Waals surface area contributed by atoms with Crippen LogP contribution in [-0.2, 0) is 5.41 Å². The number of hydrogen-bond donors (Lipinski definition) is 2. The van der Waals surface area contributed by atoms with Gasteiger partial charge in [-0.05, 0) is 64.1 Å². The molecular weight excluding hydrogens is 484 g/mol. The maximum absolute atomic E-state index is 9.90. The van der Waals surface area contributed by atoms with Crippen molar-refractivity contribution in [3.8, 4) is 22.6 Å². The molecule has 2 N–H and O–H groups in total. The predicted molar refractivity (Wildman–Crippen MR) is 148 cm³/mol. The fourth-order valence-corrected chi connectivity index (χ4v) is 5.26. The SMILES string of the molecule is CCC(O)COc1ccc(C2(c3ccc(OCC(O)CCl)cc3)c3ccccc3-c3ccccc32)cc1. The molecule has 2 unspecified atom stereocenters. The van der Waals surface area contributed by atoms with Gasteiger partial charge in [-0.2, -0.15) is 0 Å². The number of aliphatic hydroxyl groups excluding tert-OH is 2. The molecule has 2 atom stereocenters. The van der Waals surface area contributed by atoms with Crippen molar-refractivity contribution in [2.45, 2.75) is 31.0 Å². The van der Waals surface area contributed by atoms with Gasteiger partial charge in [-0.3, -0.25) is 0 Å². The summed E-state index contributed by atoms with van der Waals surface area (Å²) in [5.41, 5.74) is 6.59. The molecule has 0 saturated carbocycles. The summed E-state index contributed by atoms with van der Waals surface area (Å²) in [5.74, 6) is 1.54. The maximum atomic E-state index is 9.90. The molecule has 0 bridgehead atoms. The van der Waals surface area contributed by atoms with Crippen molar-refractivity contribution in [2.75, 3.05) is 19.1 Å². The highest BCUT2D eigenvalue weighted by Gasteiger charge is 2.45. The number of benzene rings is 4. The van der Waals surface area contributed by atoms with Crippen LogP contribution in [-0.4, -0.2) is 41.5 Å². The lowest BCUT2D eigenvalue weighted by Gasteiger charge is -2.34. The minimum atomic E-state index is -0.708. The second-order valence-electron chi connectivity index (χ2n) is 9.38. The van der Waals surface area contributed by atoms with Crippen molar-refractivity contribution in [1.82, 2.24) is 0 Å². The average Bonchev–Trinajstić information content (AvgIpc) is 3.26. The molecule has 4 aromatic rings. The Bertz CT molecular complexity index is 1230. The number of alkyl halides is 1. The molecule has 0 saturated heterocycles. The van der Waals surface area contributed by atoms with E-state index in [4.69, 9.17) is 21.1 Å². The Hall–Kier alpha value is -3.31. The number of aliphatic hydroxyl groups is 2. The molecule has 37 heavy (non-hydrogen) atoms. The number of fused-ring (bicyclic) bond motifs is 3. The Labute approximate surface area is 223 Å². The lowest BCUT2D eigenvalue weighted by Crippen LogP contribution is -2.28. The summed E-state index contributed by atoms with van der Waals surface area (Å²) in [5, 5.41) is 19.7. The van der Waals surface area contributed by atoms with Gasteiger partial charge in [-0.1, -0.05) is 79.7 Å². The molecule has 0 amide bonds. The van der Waals surface area contributed by atoms with Crippen LogP contribution in [0.15, 0.2) is 97.1 Å². The van der Waals surface area contributed by atoms with E-state index in [-0.39, 0.29) is 19.1 Å². The highest BCUT2D eigenvalue weighted by atomic mass is 35.5. The van der Waals surface area contributed by atoms with Crippen LogP contribution in [0.2, 0.25) is 0 Å². The van der Waals surface area contributed by atoms with Crippen molar-refractivity contribution in [2.24, 2.45) is 0 Å². The summed E-state index contributed by atoms with van der Waals surface area (Å²) in [6.07, 6.45) is -0.536. The van der Waals surface area contributed by atoms with Gasteiger partial charge in [0.1, 0.15) is 30.8 Å². The van der Waals surface area contributed by atoms with Crippen molar-refractivity contribution in [3.63, 3.8) is 0 Å². The zero-order valence-corrected chi connectivity index (χ0v) is 21.6. The Morgan fingerprint density at radius 2 is 1.08 bits per heavy atom. The highest BCUT2D eigenvalue weighted by Crippen LogP contribution is 2.56. The quantitative estimate of drug-likeness (QED) is 0.219. The smallest absolute Gasteiger partial charge is 0.119 e. The van der Waals surface area contributed by atoms with Crippen molar-refractivity contribution in [3.05, 3.63) is 119 Å². The molecule has 1 aliphatic rings. The number of ether oxygens (including phenoxy) is 2. The molecule has 4 nitrogen and oxygen atoms in total. The third kappa shape index (κ3) is 4.73. The van der Waals surface area contributed by atoms with Crippen molar-refractivity contribution >= 4 is 11.6 Å². The van der Waals surface area contributed by atoms with E-state index >= 15 is 0 Å². The fraction of sp³-hybridized carbons (Fsp3) is 0.250. The largest absolute Gasteiger partial charge is 0.491 e. The predicted octanol–water partition coefficient (Wildman–Crippen LogP) is 6.18. The summed E-state index contributed by atoms with van der Waals surface area (Å²) in [6.45, 7) is 2.35. The van der Waals surface area contributed by atoms with E-state index in [0.717, 1.165) is 16.9 Å². The van der Waals surface area contributed by atoms with E-state index in [1.165, 1.54) is 22.3 Å². The minimum absolute atomic E-state index is 0.131. The summed E-state index contributed by atoms with van der Waals surface area (Å²) in [6, 6.07) is 33.4. The number of hydrogen-bond acceptors (Lipinski definition) is 4. The molecule has 0 radical (unpaired) electrons. The molecule has 5 heteroatoms. The molecule has 0 aromatic heterocycles. The molecule has 0 aliphatic heterocycles. The van der Waals surface area contributed by atoms with E-state index in [2.05, 4.69) is 72.8 Å². The van der Waals surface area contributed by atoms with Crippen LogP contribution in [0.3, 0.4) is 0 Å². The summed E-state index contributed by atoms with van der Waals surface area (Å²) >= 11 is 5.71. The highest BCUT2D eigenvalue weighted by molar-refractivity contribution is 6.18. The van der Waals surface area contributed by atoms with Crippen LogP contribution in [0.25, 0.3) is 11.1 Å². The van der Waals surface area contributed by atoms with Crippen molar-refractivity contribution in [1.29, 1.82) is 0 Å². The molecule has 0 heterocycles. The van der Waals surface area contributed by atoms with E-state index in [1.54, 1.807) is 0 Å². The molecule has 5 rings (SSSR count). The second-order valence-corrected chi connectivity index (χ2v) is 9.69. The van der Waals surface area contributed by atoms with Gasteiger partial charge in [0.05, 0.1) is 17.4 Å². The van der Waals surface area contributed by atoms with Gasteiger partial charge >= 0.3 is 0 Å². The third-order valence-corrected chi connectivity index (χ3v) is 7.42. The first kappa shape index (κ1) is 25.3. The van der Waals surface area contributed by atoms with Gasteiger partial charge in [-0.15, -0.1) is 11.6 Å². The van der Waals surface area contributed by atoms with Crippen LogP contribution in [0.1, 0.15) is 35.6 Å². The van der Waals surface area contributed by atoms with Gasteiger partial charge < -0.3 is 19.7 Å². The van der Waals surface area contributed by atoms with E-state index in [9.17, 15) is 10.2 Å². The summed E-state index contributed by atoms with van der Waals surface area (Å²) in [7, 11) is 0. The minimum Gasteiger partial charge on any atom is -0.491 e. The monoisotopic (exact) mass is 514 g/mol. The Kier molecular flexibility index (Phi) is 7.52. The standard InChI is InChI=1S/C32H31ClO4/c1-2-24(34)20-36-26-15-11-22(12-16-26)32(23-13-17-27(18-14-23)37-21-25(35)19-33)30-9-5-3-7-28(30)29-8-4-6-10-31(29)32/h3-18,24-25,34-35H,2,19-21H2,1H3. The first-order valence-electron chi connectivity index (χ1n) is 12.7. The Morgan fingerprint density at radius 3 is 1.51 bits per heavy atom. The van der Waals surface area contributed by atoms with Gasteiger partial charge in [0, 0.05) is 0 Å². The molecular formula is C32H31ClO4. The van der Waals surface area contributed by atoms with Crippen LogP contribution in [0.5, 0.6) is 11.5 Å². The van der Waals surface area contributed by atoms with Crippen LogP contribution >= 0.6 is 11.6 Å². The van der Waals surface area contributed by atoms with Crippen LogP contribution in [0, 0.1) is 0 Å². The lowest BCUT2D eigenvalue weighted by atomic mass is 9.68. The molecule has 190 valence electrons. The van der Waals surface area contributed by atoms with Gasteiger partial charge in [0.2, 0.25) is 0 Å².